The van der Waals surface area contributed by atoms with E-state index in [9.17, 15) is 4.79 Å². The average Bonchev–Trinajstić information content (AvgIpc) is 2.86. The van der Waals surface area contributed by atoms with Crippen LogP contribution in [0.15, 0.2) is 18.2 Å². The fraction of sp³-hybridized carbons (Fsp3) is 0.500. The predicted octanol–water partition coefficient (Wildman–Crippen LogP) is 1.85. The lowest BCUT2D eigenvalue weighted by molar-refractivity contribution is -0.143. The Morgan fingerprint density at radius 1 is 1.37 bits per heavy atom. The van der Waals surface area contributed by atoms with Gasteiger partial charge in [-0.05, 0) is 37.6 Å². The van der Waals surface area contributed by atoms with E-state index in [1.165, 1.54) is 0 Å². The Labute approximate surface area is 112 Å². The molecule has 0 radical (unpaired) electrons. The molecule has 5 nitrogen and oxygen atoms in total. The van der Waals surface area contributed by atoms with Crippen molar-refractivity contribution in [1.29, 1.82) is 0 Å². The Morgan fingerprint density at radius 2 is 2.21 bits per heavy atom. The summed E-state index contributed by atoms with van der Waals surface area (Å²) in [5.74, 6) is 1.46. The molecule has 5 heteroatoms. The SMILES string of the molecule is CCOC(=O)CCCNCc1ccc2c(c1)OCO2. The van der Waals surface area contributed by atoms with Crippen LogP contribution in [0, 0.1) is 0 Å². The molecule has 0 spiro atoms. The molecule has 1 heterocycles. The molecule has 0 saturated heterocycles. The van der Waals surface area contributed by atoms with Crippen LogP contribution in [0.2, 0.25) is 0 Å². The fourth-order valence-corrected chi connectivity index (χ4v) is 1.87. The van der Waals surface area contributed by atoms with Crippen molar-refractivity contribution in [2.24, 2.45) is 0 Å². The molecule has 0 aromatic heterocycles. The lowest BCUT2D eigenvalue weighted by Crippen LogP contribution is -2.16. The minimum Gasteiger partial charge on any atom is -0.466 e. The molecule has 0 unspecified atom stereocenters. The second kappa shape index (κ2) is 6.99. The van der Waals surface area contributed by atoms with Gasteiger partial charge < -0.3 is 19.5 Å². The first kappa shape index (κ1) is 13.7. The molecule has 0 fully saturated rings. The van der Waals surface area contributed by atoms with Crippen molar-refractivity contribution < 1.29 is 19.0 Å². The van der Waals surface area contributed by atoms with Gasteiger partial charge in [0.25, 0.3) is 0 Å². The van der Waals surface area contributed by atoms with E-state index in [0.29, 0.717) is 19.8 Å². The number of carbonyl (C=O) groups excluding carboxylic acids is 1. The summed E-state index contributed by atoms with van der Waals surface area (Å²) >= 11 is 0. The Morgan fingerprint density at radius 3 is 3.05 bits per heavy atom. The van der Waals surface area contributed by atoms with Crippen LogP contribution < -0.4 is 14.8 Å². The summed E-state index contributed by atoms with van der Waals surface area (Å²) in [7, 11) is 0. The molecule has 19 heavy (non-hydrogen) atoms. The summed E-state index contributed by atoms with van der Waals surface area (Å²) in [6.07, 6.45) is 1.24. The maximum atomic E-state index is 11.1. The molecule has 104 valence electrons. The monoisotopic (exact) mass is 265 g/mol. The van der Waals surface area contributed by atoms with Crippen molar-refractivity contribution in [3.05, 3.63) is 23.8 Å². The summed E-state index contributed by atoms with van der Waals surface area (Å²) in [4.78, 5) is 11.1. The van der Waals surface area contributed by atoms with Crippen LogP contribution in [0.1, 0.15) is 25.3 Å². The quantitative estimate of drug-likeness (QED) is 0.602. The molecular formula is C14H19NO4. The van der Waals surface area contributed by atoms with Crippen molar-refractivity contribution in [2.45, 2.75) is 26.3 Å². The van der Waals surface area contributed by atoms with Gasteiger partial charge in [0.05, 0.1) is 6.61 Å². The Kier molecular flexibility index (Phi) is 5.03. The summed E-state index contributed by atoms with van der Waals surface area (Å²) in [6, 6.07) is 5.89. The summed E-state index contributed by atoms with van der Waals surface area (Å²) in [6.45, 7) is 4.09. The molecule has 0 aliphatic carbocycles. The van der Waals surface area contributed by atoms with Crippen LogP contribution >= 0.6 is 0 Å². The standard InChI is InChI=1S/C14H19NO4/c1-2-17-14(16)4-3-7-15-9-11-5-6-12-13(8-11)19-10-18-12/h5-6,8,15H,2-4,7,9-10H2,1H3. The van der Waals surface area contributed by atoms with Gasteiger partial charge in [-0.3, -0.25) is 4.79 Å². The third-order valence-electron chi connectivity index (χ3n) is 2.81. The van der Waals surface area contributed by atoms with E-state index < -0.39 is 0 Å². The van der Waals surface area contributed by atoms with Crippen LogP contribution in [-0.2, 0) is 16.1 Å². The smallest absolute Gasteiger partial charge is 0.305 e. The van der Waals surface area contributed by atoms with Crippen LogP contribution in [0.3, 0.4) is 0 Å². The van der Waals surface area contributed by atoms with E-state index >= 15 is 0 Å². The Bertz CT molecular complexity index is 433. The second-order valence-corrected chi connectivity index (χ2v) is 4.27. The molecule has 1 aromatic carbocycles. The normalized spacial score (nSPS) is 12.5. The number of nitrogens with one attached hydrogen (secondary N) is 1. The highest BCUT2D eigenvalue weighted by atomic mass is 16.7. The molecule has 1 N–H and O–H groups in total. The van der Waals surface area contributed by atoms with Crippen molar-refractivity contribution in [3.63, 3.8) is 0 Å². The first-order valence-corrected chi connectivity index (χ1v) is 6.54. The molecule has 2 rings (SSSR count). The van der Waals surface area contributed by atoms with Gasteiger partial charge in [-0.2, -0.15) is 0 Å². The average molecular weight is 265 g/mol. The predicted molar refractivity (Wildman–Crippen MR) is 70.1 cm³/mol. The number of benzene rings is 1. The van der Waals surface area contributed by atoms with E-state index in [0.717, 1.165) is 36.6 Å². The Balaban J connectivity index is 1.65. The maximum absolute atomic E-state index is 11.1. The van der Waals surface area contributed by atoms with Crippen molar-refractivity contribution in [2.75, 3.05) is 19.9 Å². The third-order valence-corrected chi connectivity index (χ3v) is 2.81. The molecule has 1 aliphatic heterocycles. The number of hydrogen-bond donors (Lipinski definition) is 1. The van der Waals surface area contributed by atoms with Gasteiger partial charge in [-0.15, -0.1) is 0 Å². The topological polar surface area (TPSA) is 56.8 Å². The molecule has 1 aromatic rings. The molecular weight excluding hydrogens is 246 g/mol. The minimum atomic E-state index is -0.132. The zero-order valence-electron chi connectivity index (χ0n) is 11.1. The lowest BCUT2D eigenvalue weighted by Gasteiger charge is -2.06. The number of rotatable bonds is 7. The van der Waals surface area contributed by atoms with E-state index in [1.54, 1.807) is 0 Å². The van der Waals surface area contributed by atoms with Gasteiger partial charge in [-0.1, -0.05) is 6.07 Å². The van der Waals surface area contributed by atoms with Gasteiger partial charge >= 0.3 is 5.97 Å². The number of carbonyl (C=O) groups is 1. The first-order valence-electron chi connectivity index (χ1n) is 6.54. The third kappa shape index (κ3) is 4.13. The van der Waals surface area contributed by atoms with Crippen LogP contribution in [0.5, 0.6) is 11.5 Å². The second-order valence-electron chi connectivity index (χ2n) is 4.27. The van der Waals surface area contributed by atoms with Crippen LogP contribution in [-0.4, -0.2) is 25.9 Å². The lowest BCUT2D eigenvalue weighted by atomic mass is 10.2. The molecule has 0 bridgehead atoms. The highest BCUT2D eigenvalue weighted by Crippen LogP contribution is 2.32. The molecule has 1 aliphatic rings. The summed E-state index contributed by atoms with van der Waals surface area (Å²) in [5.41, 5.74) is 1.14. The molecule has 0 atom stereocenters. The van der Waals surface area contributed by atoms with Gasteiger partial charge in [0, 0.05) is 13.0 Å². The summed E-state index contributed by atoms with van der Waals surface area (Å²) < 4.78 is 15.4. The van der Waals surface area contributed by atoms with E-state index in [1.807, 2.05) is 25.1 Å². The van der Waals surface area contributed by atoms with E-state index in [-0.39, 0.29) is 5.97 Å². The number of hydrogen-bond acceptors (Lipinski definition) is 5. The molecule has 0 saturated carbocycles. The highest BCUT2D eigenvalue weighted by molar-refractivity contribution is 5.69. The van der Waals surface area contributed by atoms with Gasteiger partial charge in [0.1, 0.15) is 0 Å². The number of esters is 1. The van der Waals surface area contributed by atoms with Crippen molar-refractivity contribution in [3.8, 4) is 11.5 Å². The first-order chi connectivity index (χ1) is 9.29. The van der Waals surface area contributed by atoms with Gasteiger partial charge in [0.2, 0.25) is 6.79 Å². The van der Waals surface area contributed by atoms with Crippen LogP contribution in [0.25, 0.3) is 0 Å². The number of fused-ring (bicyclic) bond motifs is 1. The zero-order valence-corrected chi connectivity index (χ0v) is 11.1. The highest BCUT2D eigenvalue weighted by Gasteiger charge is 2.12. The van der Waals surface area contributed by atoms with Crippen molar-refractivity contribution >= 4 is 5.97 Å². The molecule has 0 amide bonds. The zero-order chi connectivity index (χ0) is 13.5. The van der Waals surface area contributed by atoms with Crippen LogP contribution in [0.4, 0.5) is 0 Å². The number of ether oxygens (including phenoxy) is 3. The minimum absolute atomic E-state index is 0.132. The maximum Gasteiger partial charge on any atom is 0.305 e. The Hall–Kier alpha value is -1.75. The van der Waals surface area contributed by atoms with Gasteiger partial charge in [-0.25, -0.2) is 0 Å². The largest absolute Gasteiger partial charge is 0.466 e. The van der Waals surface area contributed by atoms with E-state index in [4.69, 9.17) is 14.2 Å². The van der Waals surface area contributed by atoms with Crippen molar-refractivity contribution in [1.82, 2.24) is 5.32 Å². The fourth-order valence-electron chi connectivity index (χ4n) is 1.87. The van der Waals surface area contributed by atoms with Gasteiger partial charge in [0.15, 0.2) is 11.5 Å². The summed E-state index contributed by atoms with van der Waals surface area (Å²) in [5, 5.41) is 3.29. The van der Waals surface area contributed by atoms with E-state index in [2.05, 4.69) is 5.32 Å².